The SMILES string of the molecule is CCCCCCCC/C=C/[Si](O[Si](C)(C)C)(O[Si](C)(C)C)O[Si](C)(C)C. The molecule has 0 bridgehead atoms. The summed E-state index contributed by atoms with van der Waals surface area (Å²) < 4.78 is 20.0. The fourth-order valence-electron chi connectivity index (χ4n) is 2.72. The van der Waals surface area contributed by atoms with Crippen LogP contribution < -0.4 is 0 Å². The van der Waals surface area contributed by atoms with Gasteiger partial charge in [-0.1, -0.05) is 45.1 Å². The Balaban J connectivity index is 5.11. The van der Waals surface area contributed by atoms with Gasteiger partial charge in [-0.25, -0.2) is 0 Å². The van der Waals surface area contributed by atoms with E-state index < -0.39 is 33.8 Å². The van der Waals surface area contributed by atoms with E-state index in [0.717, 1.165) is 6.42 Å². The minimum absolute atomic E-state index is 1.10. The standard InChI is InChI=1S/C19H46O3Si4/c1-11-12-13-14-15-16-17-18-19-26(20-23(2,3)4,21-24(5,6)7)22-25(8,9)10/h18-19H,11-17H2,1-10H3/b19-18+. The third-order valence-electron chi connectivity index (χ3n) is 3.39. The van der Waals surface area contributed by atoms with Crippen LogP contribution in [0.25, 0.3) is 0 Å². The molecule has 0 aromatic rings. The summed E-state index contributed by atoms with van der Waals surface area (Å²) in [5, 5.41) is 0. The van der Waals surface area contributed by atoms with Crippen molar-refractivity contribution in [1.82, 2.24) is 0 Å². The minimum Gasteiger partial charge on any atom is -0.414 e. The van der Waals surface area contributed by atoms with Crippen LogP contribution in [-0.2, 0) is 12.3 Å². The molecular formula is C19H46O3Si4. The molecular weight excluding hydrogens is 389 g/mol. The molecule has 0 aromatic heterocycles. The van der Waals surface area contributed by atoms with Crippen molar-refractivity contribution in [2.24, 2.45) is 0 Å². The summed E-state index contributed by atoms with van der Waals surface area (Å²) in [6.45, 7) is 22.4. The van der Waals surface area contributed by atoms with Crippen molar-refractivity contribution in [2.75, 3.05) is 0 Å². The Morgan fingerprint density at radius 3 is 1.35 bits per heavy atom. The van der Waals surface area contributed by atoms with Crippen LogP contribution in [0.5, 0.6) is 0 Å². The Labute approximate surface area is 168 Å². The highest BCUT2D eigenvalue weighted by molar-refractivity contribution is 6.92. The second-order valence-electron chi connectivity index (χ2n) is 10.2. The molecule has 0 aliphatic carbocycles. The molecule has 0 aromatic carbocycles. The van der Waals surface area contributed by atoms with Gasteiger partial charge in [0.2, 0.25) is 0 Å². The molecule has 0 heterocycles. The van der Waals surface area contributed by atoms with Crippen LogP contribution in [0.2, 0.25) is 58.9 Å². The summed E-state index contributed by atoms with van der Waals surface area (Å²) in [5.74, 6) is 0. The van der Waals surface area contributed by atoms with Crippen molar-refractivity contribution >= 4 is 33.8 Å². The summed E-state index contributed by atoms with van der Waals surface area (Å²) in [4.78, 5) is 0. The largest absolute Gasteiger partial charge is 0.497 e. The van der Waals surface area contributed by atoms with Gasteiger partial charge in [0, 0.05) is 0 Å². The zero-order chi connectivity index (χ0) is 20.5. The lowest BCUT2D eigenvalue weighted by atomic mass is 10.1. The van der Waals surface area contributed by atoms with E-state index in [1.165, 1.54) is 38.5 Å². The lowest BCUT2D eigenvalue weighted by molar-refractivity contribution is 0.271. The van der Waals surface area contributed by atoms with Gasteiger partial charge < -0.3 is 12.3 Å². The Hall–Kier alpha value is 0.488. The molecule has 0 rings (SSSR count). The summed E-state index contributed by atoms with van der Waals surface area (Å²) in [5.41, 5.74) is 2.22. The molecule has 156 valence electrons. The molecule has 0 N–H and O–H groups in total. The second-order valence-corrected chi connectivity index (χ2v) is 26.9. The van der Waals surface area contributed by atoms with Crippen LogP contribution in [0.1, 0.15) is 51.9 Å². The van der Waals surface area contributed by atoms with Crippen molar-refractivity contribution < 1.29 is 12.3 Å². The smallest absolute Gasteiger partial charge is 0.414 e. The average molecular weight is 435 g/mol. The summed E-state index contributed by atoms with van der Waals surface area (Å²) in [6.07, 6.45) is 11.3. The van der Waals surface area contributed by atoms with E-state index in [9.17, 15) is 0 Å². The van der Waals surface area contributed by atoms with Gasteiger partial charge >= 0.3 is 8.80 Å². The van der Waals surface area contributed by atoms with Gasteiger partial charge in [-0.05, 0) is 77.5 Å². The number of rotatable bonds is 14. The normalized spacial score (nSPS) is 14.4. The molecule has 0 radical (unpaired) electrons. The first-order chi connectivity index (χ1) is 11.7. The molecule has 0 aliphatic heterocycles. The first kappa shape index (κ1) is 26.5. The average Bonchev–Trinajstić information content (AvgIpc) is 2.35. The maximum atomic E-state index is 6.65. The van der Waals surface area contributed by atoms with Crippen molar-refractivity contribution in [3.05, 3.63) is 11.8 Å². The van der Waals surface area contributed by atoms with E-state index in [1.807, 2.05) is 0 Å². The molecule has 0 unspecified atom stereocenters. The zero-order valence-electron chi connectivity index (χ0n) is 19.3. The van der Waals surface area contributed by atoms with Crippen LogP contribution >= 0.6 is 0 Å². The van der Waals surface area contributed by atoms with Gasteiger partial charge in [0.15, 0.2) is 25.0 Å². The predicted molar refractivity (Wildman–Crippen MR) is 126 cm³/mol. The monoisotopic (exact) mass is 434 g/mol. The van der Waals surface area contributed by atoms with Crippen LogP contribution in [0.4, 0.5) is 0 Å². The van der Waals surface area contributed by atoms with Crippen LogP contribution in [-0.4, -0.2) is 33.8 Å². The van der Waals surface area contributed by atoms with E-state index in [-0.39, 0.29) is 0 Å². The minimum atomic E-state index is -2.78. The van der Waals surface area contributed by atoms with Gasteiger partial charge in [-0.15, -0.1) is 0 Å². The lowest BCUT2D eigenvalue weighted by Gasteiger charge is -2.41. The van der Waals surface area contributed by atoms with Gasteiger partial charge in [0.1, 0.15) is 0 Å². The Morgan fingerprint density at radius 2 is 0.962 bits per heavy atom. The molecule has 0 fully saturated rings. The quantitative estimate of drug-likeness (QED) is 0.211. The molecule has 0 atom stereocenters. The van der Waals surface area contributed by atoms with E-state index in [2.05, 4.69) is 77.6 Å². The van der Waals surface area contributed by atoms with Gasteiger partial charge in [-0.3, -0.25) is 0 Å². The van der Waals surface area contributed by atoms with Crippen molar-refractivity contribution in [1.29, 1.82) is 0 Å². The highest BCUT2D eigenvalue weighted by atomic mass is 28.5. The first-order valence-corrected chi connectivity index (χ1v) is 22.5. The van der Waals surface area contributed by atoms with E-state index in [1.54, 1.807) is 0 Å². The molecule has 0 saturated heterocycles. The lowest BCUT2D eigenvalue weighted by Crippen LogP contribution is -2.59. The maximum absolute atomic E-state index is 6.65. The van der Waals surface area contributed by atoms with Crippen LogP contribution in [0.15, 0.2) is 11.8 Å². The Kier molecular flexibility index (Phi) is 11.7. The second kappa shape index (κ2) is 11.5. The maximum Gasteiger partial charge on any atom is 0.497 e. The van der Waals surface area contributed by atoms with Crippen molar-refractivity contribution in [3.63, 3.8) is 0 Å². The Bertz CT molecular complexity index is 366. The number of allylic oxidation sites excluding steroid dienone is 1. The highest BCUT2D eigenvalue weighted by Crippen LogP contribution is 2.27. The summed E-state index contributed by atoms with van der Waals surface area (Å²) in [7, 11) is -8.11. The molecule has 0 spiro atoms. The molecule has 26 heavy (non-hydrogen) atoms. The van der Waals surface area contributed by atoms with Crippen LogP contribution in [0, 0.1) is 0 Å². The fraction of sp³-hybridized carbons (Fsp3) is 0.895. The molecule has 0 saturated carbocycles. The Morgan fingerprint density at radius 1 is 0.577 bits per heavy atom. The van der Waals surface area contributed by atoms with Gasteiger partial charge in [0.25, 0.3) is 0 Å². The molecule has 0 aliphatic rings. The van der Waals surface area contributed by atoms with Gasteiger partial charge in [-0.2, -0.15) is 0 Å². The summed E-state index contributed by atoms with van der Waals surface area (Å²) >= 11 is 0. The zero-order valence-corrected chi connectivity index (χ0v) is 23.3. The van der Waals surface area contributed by atoms with Crippen molar-refractivity contribution in [3.8, 4) is 0 Å². The highest BCUT2D eigenvalue weighted by Gasteiger charge is 2.48. The molecule has 7 heteroatoms. The molecule has 0 amide bonds. The number of unbranched alkanes of at least 4 members (excludes halogenated alkanes) is 6. The fourth-order valence-corrected chi connectivity index (χ4v) is 15.9. The topological polar surface area (TPSA) is 27.7 Å². The van der Waals surface area contributed by atoms with Crippen LogP contribution in [0.3, 0.4) is 0 Å². The third-order valence-corrected chi connectivity index (χ3v) is 14.8. The van der Waals surface area contributed by atoms with E-state index in [4.69, 9.17) is 12.3 Å². The first-order valence-electron chi connectivity index (χ1n) is 10.5. The van der Waals surface area contributed by atoms with E-state index >= 15 is 0 Å². The summed E-state index contributed by atoms with van der Waals surface area (Å²) in [6, 6.07) is 0. The number of hydrogen-bond acceptors (Lipinski definition) is 3. The third kappa shape index (κ3) is 15.5. The predicted octanol–water partition coefficient (Wildman–Crippen LogP) is 7.33. The number of hydrogen-bond donors (Lipinski definition) is 0. The van der Waals surface area contributed by atoms with Gasteiger partial charge in [0.05, 0.1) is 0 Å². The van der Waals surface area contributed by atoms with E-state index in [0.29, 0.717) is 0 Å². The molecule has 3 nitrogen and oxygen atoms in total. The van der Waals surface area contributed by atoms with Crippen molar-refractivity contribution in [2.45, 2.75) is 111 Å².